The van der Waals surface area contributed by atoms with Crippen molar-refractivity contribution in [2.75, 3.05) is 4.90 Å². The minimum absolute atomic E-state index is 0.335. The molecule has 0 fully saturated rings. The van der Waals surface area contributed by atoms with E-state index in [-0.39, 0.29) is 0 Å². The summed E-state index contributed by atoms with van der Waals surface area (Å²) in [6, 6.07) is 94.7. The molecule has 0 aromatic heterocycles. The number of rotatable bonds is 14. The molecule has 0 N–H and O–H groups in total. The smallest absolute Gasteiger partial charge is 0.0467 e. The fraction of sp³-hybridized carbons (Fsp3) is 0.118. The zero-order valence-corrected chi connectivity index (χ0v) is 39.0. The Morgan fingerprint density at radius 2 is 0.754 bits per heavy atom. The summed E-state index contributed by atoms with van der Waals surface area (Å²) in [6.07, 6.45) is 5.14. The number of benzene rings is 10. The summed E-state index contributed by atoms with van der Waals surface area (Å²) in [5.41, 5.74) is 24.1. The molecule has 0 spiro atoms. The maximum atomic E-state index is 2.50. The molecule has 0 saturated heterocycles. The summed E-state index contributed by atoms with van der Waals surface area (Å²) < 4.78 is 0. The molecular formula is C68H55N. The van der Waals surface area contributed by atoms with Gasteiger partial charge < -0.3 is 4.90 Å². The van der Waals surface area contributed by atoms with Crippen LogP contribution in [0.1, 0.15) is 74.2 Å². The van der Waals surface area contributed by atoms with Gasteiger partial charge in [-0.2, -0.15) is 0 Å². The molecule has 2 aliphatic carbocycles. The van der Waals surface area contributed by atoms with Gasteiger partial charge in [0, 0.05) is 28.9 Å². The van der Waals surface area contributed by atoms with Crippen LogP contribution in [-0.4, -0.2) is 0 Å². The summed E-state index contributed by atoms with van der Waals surface area (Å²) in [7, 11) is 0. The molecular weight excluding hydrogens is 831 g/mol. The van der Waals surface area contributed by atoms with Gasteiger partial charge in [-0.3, -0.25) is 0 Å². The number of hydrogen-bond donors (Lipinski definition) is 0. The second-order valence-corrected chi connectivity index (χ2v) is 19.1. The Hall–Kier alpha value is -8.00. The van der Waals surface area contributed by atoms with Crippen molar-refractivity contribution in [3.63, 3.8) is 0 Å². The van der Waals surface area contributed by atoms with Crippen molar-refractivity contribution in [3.05, 3.63) is 305 Å². The van der Waals surface area contributed by atoms with Crippen LogP contribution in [0.3, 0.4) is 0 Å². The molecule has 0 amide bonds. The van der Waals surface area contributed by atoms with E-state index in [0.29, 0.717) is 17.8 Å². The summed E-state index contributed by atoms with van der Waals surface area (Å²) >= 11 is 0. The summed E-state index contributed by atoms with van der Waals surface area (Å²) in [5, 5.41) is 0. The standard InChI is InChI=1S/C68H55N/c1-5-17-49(18-6-1)44-65-59-25-13-14-26-60(59)67-46-51(32-41-63(65)67)43-55(52-21-9-3-10-22-52)35-31-48-29-33-53(34-30-48)54-36-38-57(39-37-54)69(56-23-11-4-12-24-56)58-40-42-64-66(45-50-19-7-2-8-20-50)61-27-15-16-28-62(61)68(64)47-58/h1-30,32-34,36-42,46-47,55,65-66H,31,35,43-45H2. The maximum Gasteiger partial charge on any atom is 0.0467 e. The third kappa shape index (κ3) is 8.62. The highest BCUT2D eigenvalue weighted by molar-refractivity contribution is 5.86. The van der Waals surface area contributed by atoms with Crippen LogP contribution in [0.15, 0.2) is 255 Å². The molecule has 10 aromatic rings. The van der Waals surface area contributed by atoms with E-state index in [2.05, 4.69) is 260 Å². The fourth-order valence-electron chi connectivity index (χ4n) is 11.5. The zero-order valence-electron chi connectivity index (χ0n) is 39.0. The van der Waals surface area contributed by atoms with E-state index >= 15 is 0 Å². The maximum absolute atomic E-state index is 2.50. The molecule has 3 atom stereocenters. The van der Waals surface area contributed by atoms with Crippen molar-refractivity contribution in [2.45, 2.75) is 49.9 Å². The Bertz CT molecular complexity index is 3340. The lowest BCUT2D eigenvalue weighted by Crippen LogP contribution is -2.10. The molecule has 10 aromatic carbocycles. The largest absolute Gasteiger partial charge is 0.310 e. The van der Waals surface area contributed by atoms with Crippen molar-refractivity contribution >= 4 is 17.1 Å². The van der Waals surface area contributed by atoms with Crippen LogP contribution >= 0.6 is 0 Å². The average molecular weight is 886 g/mol. The highest BCUT2D eigenvalue weighted by atomic mass is 15.1. The molecule has 0 aliphatic heterocycles. The van der Waals surface area contributed by atoms with E-state index < -0.39 is 0 Å². The number of hydrogen-bond acceptors (Lipinski definition) is 1. The van der Waals surface area contributed by atoms with Gasteiger partial charge in [-0.05, 0) is 158 Å². The molecule has 0 radical (unpaired) electrons. The quantitative estimate of drug-likeness (QED) is 0.105. The highest BCUT2D eigenvalue weighted by Gasteiger charge is 2.31. The SMILES string of the molecule is c1ccc(CC2c3ccccc3-c3cc(CC(CCc4ccc(-c5ccc(N(c6ccccc6)c6ccc7c(c6)-c6ccccc6C7Cc6ccccc6)cc5)cc4)c4ccccc4)ccc32)cc1. The number of para-hydroxylation sites is 1. The average Bonchev–Trinajstić information content (AvgIpc) is 3.90. The molecule has 3 unspecified atom stereocenters. The molecule has 1 heteroatoms. The van der Waals surface area contributed by atoms with Crippen molar-refractivity contribution in [1.29, 1.82) is 0 Å². The summed E-state index contributed by atoms with van der Waals surface area (Å²) in [6.45, 7) is 0. The summed E-state index contributed by atoms with van der Waals surface area (Å²) in [5.74, 6) is 1.13. The lowest BCUT2D eigenvalue weighted by molar-refractivity contribution is 0.621. The first kappa shape index (κ1) is 42.4. The van der Waals surface area contributed by atoms with E-state index in [4.69, 9.17) is 0 Å². The van der Waals surface area contributed by atoms with Crippen LogP contribution in [0.5, 0.6) is 0 Å². The first-order valence-corrected chi connectivity index (χ1v) is 24.8. The molecule has 0 heterocycles. The minimum atomic E-state index is 0.335. The van der Waals surface area contributed by atoms with E-state index in [1.165, 1.54) is 83.5 Å². The van der Waals surface area contributed by atoms with Gasteiger partial charge in [-0.15, -0.1) is 0 Å². The predicted molar refractivity (Wildman–Crippen MR) is 289 cm³/mol. The van der Waals surface area contributed by atoms with Crippen LogP contribution in [0, 0.1) is 0 Å². The predicted octanol–water partition coefficient (Wildman–Crippen LogP) is 17.5. The lowest BCUT2D eigenvalue weighted by Gasteiger charge is -2.26. The highest BCUT2D eigenvalue weighted by Crippen LogP contribution is 2.50. The molecule has 12 rings (SSSR count). The van der Waals surface area contributed by atoms with Crippen molar-refractivity contribution in [3.8, 4) is 33.4 Å². The summed E-state index contributed by atoms with van der Waals surface area (Å²) in [4.78, 5) is 2.40. The van der Waals surface area contributed by atoms with Gasteiger partial charge in [0.25, 0.3) is 0 Å². The molecule has 0 bridgehead atoms. The van der Waals surface area contributed by atoms with E-state index in [1.54, 1.807) is 0 Å². The molecule has 332 valence electrons. The fourth-order valence-corrected chi connectivity index (χ4v) is 11.5. The molecule has 1 nitrogen and oxygen atoms in total. The second-order valence-electron chi connectivity index (χ2n) is 19.1. The van der Waals surface area contributed by atoms with Crippen LogP contribution < -0.4 is 4.90 Å². The lowest BCUT2D eigenvalue weighted by atomic mass is 9.85. The van der Waals surface area contributed by atoms with Crippen LogP contribution in [0.2, 0.25) is 0 Å². The topological polar surface area (TPSA) is 3.24 Å². The molecule has 2 aliphatic rings. The third-order valence-corrected chi connectivity index (χ3v) is 14.9. The number of anilines is 3. The van der Waals surface area contributed by atoms with Gasteiger partial charge in [0.05, 0.1) is 0 Å². The van der Waals surface area contributed by atoms with Crippen molar-refractivity contribution in [1.82, 2.24) is 0 Å². The molecule has 0 saturated carbocycles. The number of nitrogens with zero attached hydrogens (tertiary/aromatic N) is 1. The Labute approximate surface area is 408 Å². The van der Waals surface area contributed by atoms with Crippen LogP contribution in [0.25, 0.3) is 33.4 Å². The van der Waals surface area contributed by atoms with Gasteiger partial charge >= 0.3 is 0 Å². The minimum Gasteiger partial charge on any atom is -0.310 e. The monoisotopic (exact) mass is 885 g/mol. The zero-order chi connectivity index (χ0) is 45.9. The van der Waals surface area contributed by atoms with Crippen molar-refractivity contribution < 1.29 is 0 Å². The van der Waals surface area contributed by atoms with E-state index in [9.17, 15) is 0 Å². The van der Waals surface area contributed by atoms with Gasteiger partial charge in [0.15, 0.2) is 0 Å². The van der Waals surface area contributed by atoms with E-state index in [0.717, 1.165) is 49.2 Å². The van der Waals surface area contributed by atoms with Crippen molar-refractivity contribution in [2.24, 2.45) is 0 Å². The Morgan fingerprint density at radius 3 is 1.35 bits per heavy atom. The Morgan fingerprint density at radius 1 is 0.319 bits per heavy atom. The van der Waals surface area contributed by atoms with E-state index in [1.807, 2.05) is 0 Å². The van der Waals surface area contributed by atoms with Gasteiger partial charge in [0.2, 0.25) is 0 Å². The first-order chi connectivity index (χ1) is 34.2. The van der Waals surface area contributed by atoms with Crippen LogP contribution in [0.4, 0.5) is 17.1 Å². The Kier molecular flexibility index (Phi) is 11.6. The van der Waals surface area contributed by atoms with Gasteiger partial charge in [-0.1, -0.05) is 218 Å². The van der Waals surface area contributed by atoms with Gasteiger partial charge in [-0.25, -0.2) is 0 Å². The normalized spacial score (nSPS) is 14.6. The molecule has 69 heavy (non-hydrogen) atoms. The third-order valence-electron chi connectivity index (χ3n) is 14.9. The Balaban J connectivity index is 0.770. The van der Waals surface area contributed by atoms with Crippen LogP contribution in [-0.2, 0) is 25.7 Å². The number of fused-ring (bicyclic) bond motifs is 6. The second kappa shape index (κ2) is 18.9. The van der Waals surface area contributed by atoms with Gasteiger partial charge in [0.1, 0.15) is 0 Å². The number of aryl methyl sites for hydroxylation is 1. The first-order valence-electron chi connectivity index (χ1n) is 24.8.